The Morgan fingerprint density at radius 3 is 2.32 bits per heavy atom. The molecule has 2 aromatic carbocycles. The molecule has 0 fully saturated rings. The van der Waals surface area contributed by atoms with Crippen molar-refractivity contribution in [3.05, 3.63) is 72.6 Å². The smallest absolute Gasteiger partial charge is 0.226 e. The fourth-order valence-electron chi connectivity index (χ4n) is 2.50. The molecule has 2 aromatic heterocycles. The molecule has 0 aliphatic carbocycles. The van der Waals surface area contributed by atoms with Crippen molar-refractivity contribution in [1.29, 1.82) is 0 Å². The summed E-state index contributed by atoms with van der Waals surface area (Å²) in [6, 6.07) is 19.9. The molecule has 2 heterocycles. The molecule has 124 valence electrons. The molecule has 0 aliphatic heterocycles. The topological polar surface area (TPSA) is 56.7 Å². The second-order valence-corrected chi connectivity index (χ2v) is 6.47. The van der Waals surface area contributed by atoms with E-state index in [-0.39, 0.29) is 0 Å². The third-order valence-corrected chi connectivity index (χ3v) is 4.84. The monoisotopic (exact) mass is 348 g/mol. The van der Waals surface area contributed by atoms with E-state index < -0.39 is 0 Å². The normalized spacial score (nSPS) is 10.9. The van der Waals surface area contributed by atoms with E-state index in [0.717, 1.165) is 27.8 Å². The number of thioether (sulfide) groups is 1. The van der Waals surface area contributed by atoms with Crippen molar-refractivity contribution in [2.24, 2.45) is 7.05 Å². The highest BCUT2D eigenvalue weighted by Gasteiger charge is 2.12. The molecule has 6 heteroatoms. The van der Waals surface area contributed by atoms with E-state index in [1.54, 1.807) is 18.0 Å². The minimum absolute atomic E-state index is 0.638. The number of nitrogens with zero attached hydrogens (tertiary/aromatic N) is 4. The fraction of sp³-hybridized carbons (Fsp3) is 0.105. The van der Waals surface area contributed by atoms with E-state index in [2.05, 4.69) is 15.2 Å². The van der Waals surface area contributed by atoms with Gasteiger partial charge in [-0.3, -0.25) is 0 Å². The average molecular weight is 348 g/mol. The molecular formula is C19H16N4OS. The third kappa shape index (κ3) is 3.34. The van der Waals surface area contributed by atoms with Gasteiger partial charge >= 0.3 is 0 Å². The summed E-state index contributed by atoms with van der Waals surface area (Å²) in [7, 11) is 1.98. The maximum absolute atomic E-state index is 5.58. The molecule has 5 nitrogen and oxygen atoms in total. The Kier molecular flexibility index (Phi) is 4.35. The molecule has 0 spiro atoms. The predicted molar refractivity (Wildman–Crippen MR) is 97.9 cm³/mol. The summed E-state index contributed by atoms with van der Waals surface area (Å²) in [5.41, 5.74) is 2.91. The summed E-state index contributed by atoms with van der Waals surface area (Å²) >= 11 is 1.59. The second-order valence-electron chi connectivity index (χ2n) is 5.53. The Hall–Kier alpha value is -2.86. The van der Waals surface area contributed by atoms with Gasteiger partial charge in [0.1, 0.15) is 6.26 Å². The fourth-order valence-corrected chi connectivity index (χ4v) is 3.29. The van der Waals surface area contributed by atoms with Crippen LogP contribution in [0, 0.1) is 0 Å². The first-order chi connectivity index (χ1) is 12.3. The van der Waals surface area contributed by atoms with Crippen LogP contribution in [0.25, 0.3) is 22.8 Å². The predicted octanol–water partition coefficient (Wildman–Crippen LogP) is 4.43. The molecule has 25 heavy (non-hydrogen) atoms. The lowest BCUT2D eigenvalue weighted by atomic mass is 10.2. The van der Waals surface area contributed by atoms with Crippen LogP contribution >= 0.6 is 11.8 Å². The Labute approximate surface area is 149 Å². The molecule has 0 bridgehead atoms. The summed E-state index contributed by atoms with van der Waals surface area (Å²) in [6.45, 7) is 0. The van der Waals surface area contributed by atoms with Crippen LogP contribution in [-0.4, -0.2) is 19.7 Å². The van der Waals surface area contributed by atoms with Crippen LogP contribution in [0.5, 0.6) is 0 Å². The zero-order valence-corrected chi connectivity index (χ0v) is 14.5. The number of aromatic nitrogens is 4. The summed E-state index contributed by atoms with van der Waals surface area (Å²) < 4.78 is 7.57. The molecule has 0 aliphatic rings. The van der Waals surface area contributed by atoms with Crippen molar-refractivity contribution in [3.63, 3.8) is 0 Å². The van der Waals surface area contributed by atoms with Crippen molar-refractivity contribution in [1.82, 2.24) is 19.7 Å². The number of hydrogen-bond acceptors (Lipinski definition) is 5. The lowest BCUT2D eigenvalue weighted by Crippen LogP contribution is -1.95. The molecule has 0 saturated heterocycles. The van der Waals surface area contributed by atoms with Gasteiger partial charge < -0.3 is 8.98 Å². The molecule has 0 atom stereocenters. The van der Waals surface area contributed by atoms with Crippen LogP contribution < -0.4 is 0 Å². The van der Waals surface area contributed by atoms with Crippen molar-refractivity contribution >= 4 is 11.8 Å². The number of benzene rings is 2. The molecule has 4 aromatic rings. The van der Waals surface area contributed by atoms with Crippen molar-refractivity contribution in [3.8, 4) is 22.8 Å². The molecule has 0 radical (unpaired) electrons. The van der Waals surface area contributed by atoms with Crippen LogP contribution in [0.1, 0.15) is 5.69 Å². The highest BCUT2D eigenvalue weighted by atomic mass is 32.2. The lowest BCUT2D eigenvalue weighted by Gasteiger charge is -2.02. The van der Waals surface area contributed by atoms with E-state index >= 15 is 0 Å². The van der Waals surface area contributed by atoms with Gasteiger partial charge in [0.2, 0.25) is 5.89 Å². The van der Waals surface area contributed by atoms with Crippen LogP contribution in [-0.2, 0) is 12.8 Å². The highest BCUT2D eigenvalue weighted by molar-refractivity contribution is 7.98. The van der Waals surface area contributed by atoms with Gasteiger partial charge in [-0.15, -0.1) is 10.2 Å². The zero-order chi connectivity index (χ0) is 17.1. The highest BCUT2D eigenvalue weighted by Crippen LogP contribution is 2.26. The van der Waals surface area contributed by atoms with Gasteiger partial charge in [0.05, 0.1) is 5.69 Å². The van der Waals surface area contributed by atoms with Crippen LogP contribution in [0.2, 0.25) is 0 Å². The zero-order valence-electron chi connectivity index (χ0n) is 13.7. The van der Waals surface area contributed by atoms with Crippen LogP contribution in [0.3, 0.4) is 0 Å². The molecular weight excluding hydrogens is 332 g/mol. The Morgan fingerprint density at radius 1 is 0.920 bits per heavy atom. The van der Waals surface area contributed by atoms with Crippen LogP contribution in [0.4, 0.5) is 0 Å². The van der Waals surface area contributed by atoms with Crippen molar-refractivity contribution in [2.45, 2.75) is 10.9 Å². The summed E-state index contributed by atoms with van der Waals surface area (Å²) in [6.07, 6.45) is 1.70. The van der Waals surface area contributed by atoms with E-state index in [0.29, 0.717) is 11.6 Å². The summed E-state index contributed by atoms with van der Waals surface area (Å²) in [5, 5.41) is 9.44. The summed E-state index contributed by atoms with van der Waals surface area (Å²) in [4.78, 5) is 4.55. The second kappa shape index (κ2) is 6.94. The van der Waals surface area contributed by atoms with E-state index in [4.69, 9.17) is 4.42 Å². The van der Waals surface area contributed by atoms with E-state index in [1.807, 2.05) is 72.3 Å². The maximum atomic E-state index is 5.58. The van der Waals surface area contributed by atoms with Gasteiger partial charge in [-0.25, -0.2) is 4.98 Å². The van der Waals surface area contributed by atoms with Gasteiger partial charge in [0.15, 0.2) is 11.0 Å². The number of rotatable bonds is 5. The number of oxazole rings is 1. The first-order valence-corrected chi connectivity index (χ1v) is 8.87. The van der Waals surface area contributed by atoms with E-state index in [1.165, 1.54) is 0 Å². The van der Waals surface area contributed by atoms with Gasteiger partial charge in [-0.05, 0) is 12.1 Å². The Balaban J connectivity index is 1.48. The summed E-state index contributed by atoms with van der Waals surface area (Å²) in [5.74, 6) is 2.17. The van der Waals surface area contributed by atoms with E-state index in [9.17, 15) is 0 Å². The van der Waals surface area contributed by atoms with Gasteiger partial charge in [-0.1, -0.05) is 60.3 Å². The number of hydrogen-bond donors (Lipinski definition) is 0. The van der Waals surface area contributed by atoms with Crippen LogP contribution in [0.15, 0.2) is 76.5 Å². The van der Waals surface area contributed by atoms with Gasteiger partial charge in [-0.2, -0.15) is 0 Å². The molecule has 4 rings (SSSR count). The largest absolute Gasteiger partial charge is 0.444 e. The Morgan fingerprint density at radius 2 is 1.60 bits per heavy atom. The minimum Gasteiger partial charge on any atom is -0.444 e. The quantitative estimate of drug-likeness (QED) is 0.499. The minimum atomic E-state index is 0.638. The molecule has 0 saturated carbocycles. The van der Waals surface area contributed by atoms with Crippen molar-refractivity contribution in [2.75, 3.05) is 0 Å². The van der Waals surface area contributed by atoms with Gasteiger partial charge in [0.25, 0.3) is 0 Å². The standard InChI is InChI=1S/C19H16N4OS/c1-23-17(14-8-4-2-5-9-14)21-22-19(23)25-13-16-12-24-18(20-16)15-10-6-3-7-11-15/h2-12H,13H2,1H3. The van der Waals surface area contributed by atoms with Crippen molar-refractivity contribution < 1.29 is 4.42 Å². The molecule has 0 unspecified atom stereocenters. The lowest BCUT2D eigenvalue weighted by molar-refractivity contribution is 0.573. The first kappa shape index (κ1) is 15.7. The molecule has 0 N–H and O–H groups in total. The van der Waals surface area contributed by atoms with Gasteiger partial charge in [0, 0.05) is 23.9 Å². The average Bonchev–Trinajstić information content (AvgIpc) is 3.28. The third-order valence-electron chi connectivity index (χ3n) is 3.79. The first-order valence-electron chi connectivity index (χ1n) is 7.89. The molecule has 0 amide bonds. The SMILES string of the molecule is Cn1c(SCc2coc(-c3ccccc3)n2)nnc1-c1ccccc1. The Bertz CT molecular complexity index is 964. The maximum Gasteiger partial charge on any atom is 0.226 e.